The van der Waals surface area contributed by atoms with Crippen LogP contribution in [-0.2, 0) is 9.53 Å². The number of hydrogen-bond donors (Lipinski definition) is 4. The fourth-order valence-corrected chi connectivity index (χ4v) is 3.58. The van der Waals surface area contributed by atoms with Gasteiger partial charge in [-0.3, -0.25) is 10.1 Å². The van der Waals surface area contributed by atoms with Crippen LogP contribution in [0.15, 0.2) is 89.4 Å². The summed E-state index contributed by atoms with van der Waals surface area (Å²) in [6.07, 6.45) is 1.73. The van der Waals surface area contributed by atoms with Crippen molar-refractivity contribution >= 4 is 45.0 Å². The summed E-state index contributed by atoms with van der Waals surface area (Å²) in [6.45, 7) is 1.92. The Labute approximate surface area is 218 Å². The number of nitrogen functional groups attached to an aromatic ring is 1. The number of benzene rings is 3. The first-order chi connectivity index (χ1) is 17.4. The molecule has 3 rings (SSSR count). The van der Waals surface area contributed by atoms with Crippen molar-refractivity contribution in [3.63, 3.8) is 0 Å². The van der Waals surface area contributed by atoms with Crippen LogP contribution in [0.2, 0.25) is 0 Å². The highest BCUT2D eigenvalue weighted by atomic mass is 79.9. The molecule has 0 aliphatic rings. The van der Waals surface area contributed by atoms with E-state index >= 15 is 0 Å². The highest BCUT2D eigenvalue weighted by molar-refractivity contribution is 9.10. The van der Waals surface area contributed by atoms with E-state index in [1.807, 2.05) is 19.1 Å². The van der Waals surface area contributed by atoms with Crippen molar-refractivity contribution in [2.24, 2.45) is 5.92 Å². The predicted octanol–water partition coefficient (Wildman–Crippen LogP) is 5.52. The van der Waals surface area contributed by atoms with Gasteiger partial charge in [0, 0.05) is 16.1 Å². The average molecular weight is 554 g/mol. The number of nitrogens with two attached hydrogens (primary N) is 1. The first-order valence-electron chi connectivity index (χ1n) is 11.3. The molecule has 0 bridgehead atoms. The van der Waals surface area contributed by atoms with Crippen LogP contribution in [0.25, 0.3) is 0 Å². The Bertz CT molecular complexity index is 1180. The molecular weight excluding hydrogens is 526 g/mol. The van der Waals surface area contributed by atoms with E-state index < -0.39 is 12.2 Å². The average Bonchev–Trinajstić information content (AvgIpc) is 2.88. The summed E-state index contributed by atoms with van der Waals surface area (Å²) in [5.41, 5.74) is 8.15. The maximum Gasteiger partial charge on any atom is 0.412 e. The number of carbonyl (C=O) groups is 2. The number of hydrogen-bond acceptors (Lipinski definition) is 6. The van der Waals surface area contributed by atoms with E-state index in [1.165, 1.54) is 6.08 Å². The highest BCUT2D eigenvalue weighted by Crippen LogP contribution is 2.29. The lowest BCUT2D eigenvalue weighted by atomic mass is 9.96. The van der Waals surface area contributed by atoms with Gasteiger partial charge in [-0.2, -0.15) is 0 Å². The van der Waals surface area contributed by atoms with Crippen LogP contribution in [0.4, 0.5) is 21.9 Å². The molecule has 0 radical (unpaired) electrons. The van der Waals surface area contributed by atoms with Gasteiger partial charge in [0.15, 0.2) is 0 Å². The zero-order valence-electron chi connectivity index (χ0n) is 19.7. The molecule has 0 aliphatic carbocycles. The number of aliphatic hydroxyl groups excluding tert-OH is 1. The Morgan fingerprint density at radius 1 is 1.03 bits per heavy atom. The SMILES string of the molecule is C[C@H](/C=C/C(=O)Nc1ccccc1N)[C@@H](OC(=O)Nc1ccc(Br)cc1)c1ccc(OCCO)cc1. The fraction of sp³-hybridized carbons (Fsp3) is 0.185. The van der Waals surface area contributed by atoms with Crippen molar-refractivity contribution in [3.05, 3.63) is 95.0 Å². The molecule has 9 heteroatoms. The van der Waals surface area contributed by atoms with Gasteiger partial charge in [0.05, 0.1) is 18.0 Å². The molecule has 2 amide bonds. The van der Waals surface area contributed by atoms with E-state index in [4.69, 9.17) is 20.3 Å². The molecule has 0 aromatic heterocycles. The first kappa shape index (κ1) is 26.8. The molecule has 188 valence electrons. The maximum atomic E-state index is 12.7. The van der Waals surface area contributed by atoms with Crippen LogP contribution < -0.4 is 21.1 Å². The van der Waals surface area contributed by atoms with Gasteiger partial charge in [-0.15, -0.1) is 0 Å². The topological polar surface area (TPSA) is 123 Å². The lowest BCUT2D eigenvalue weighted by Crippen LogP contribution is -2.21. The van der Waals surface area contributed by atoms with Crippen molar-refractivity contribution < 1.29 is 24.2 Å². The maximum absolute atomic E-state index is 12.7. The van der Waals surface area contributed by atoms with Gasteiger partial charge in [-0.05, 0) is 60.2 Å². The number of rotatable bonds is 10. The molecule has 5 N–H and O–H groups in total. The first-order valence-corrected chi connectivity index (χ1v) is 12.1. The largest absolute Gasteiger partial charge is 0.491 e. The fourth-order valence-electron chi connectivity index (χ4n) is 3.32. The number of ether oxygens (including phenoxy) is 2. The zero-order chi connectivity index (χ0) is 25.9. The second-order valence-electron chi connectivity index (χ2n) is 7.89. The lowest BCUT2D eigenvalue weighted by molar-refractivity contribution is -0.111. The Morgan fingerprint density at radius 3 is 2.39 bits per heavy atom. The Hall–Kier alpha value is -3.82. The molecular formula is C27H28BrN3O5. The smallest absolute Gasteiger partial charge is 0.412 e. The molecule has 0 saturated heterocycles. The van der Waals surface area contributed by atoms with Crippen molar-refractivity contribution in [3.8, 4) is 5.75 Å². The summed E-state index contributed by atoms with van der Waals surface area (Å²) in [4.78, 5) is 25.1. The number of amides is 2. The summed E-state index contributed by atoms with van der Waals surface area (Å²) in [5.74, 6) is -0.136. The number of carbonyl (C=O) groups excluding carboxylic acids is 2. The van der Waals surface area contributed by atoms with Gasteiger partial charge >= 0.3 is 6.09 Å². The Kier molecular flexibility index (Phi) is 9.91. The molecule has 3 aromatic rings. The van der Waals surface area contributed by atoms with Gasteiger partial charge in [0.25, 0.3) is 0 Å². The standard InChI is InChI=1S/C27H28BrN3O5/c1-18(6-15-25(33)31-24-5-3-2-4-23(24)29)26(19-7-13-22(14-8-19)35-17-16-32)36-27(34)30-21-11-9-20(28)10-12-21/h2-15,18,26,32H,16-17,29H2,1H3,(H,30,34)(H,31,33)/b15-6+/t18-,26-/m1/s1. The molecule has 0 fully saturated rings. The second-order valence-corrected chi connectivity index (χ2v) is 8.81. The van der Waals surface area contributed by atoms with Gasteiger partial charge in [0.1, 0.15) is 18.5 Å². The van der Waals surface area contributed by atoms with Crippen LogP contribution in [0.5, 0.6) is 5.75 Å². The van der Waals surface area contributed by atoms with Crippen LogP contribution in [-0.4, -0.2) is 30.3 Å². The summed E-state index contributed by atoms with van der Waals surface area (Å²) in [6, 6.07) is 21.1. The van der Waals surface area contributed by atoms with Crippen LogP contribution >= 0.6 is 15.9 Å². The number of anilines is 3. The van der Waals surface area contributed by atoms with Crippen LogP contribution in [0.3, 0.4) is 0 Å². The van der Waals surface area contributed by atoms with Crippen LogP contribution in [0, 0.1) is 5.92 Å². The van der Waals surface area contributed by atoms with E-state index in [1.54, 1.807) is 66.7 Å². The van der Waals surface area contributed by atoms with E-state index in [0.29, 0.717) is 28.4 Å². The number of para-hydroxylation sites is 2. The summed E-state index contributed by atoms with van der Waals surface area (Å²) < 4.78 is 12.1. The molecule has 0 heterocycles. The zero-order valence-corrected chi connectivity index (χ0v) is 21.3. The van der Waals surface area contributed by atoms with Crippen molar-refractivity contribution in [2.45, 2.75) is 13.0 Å². The summed E-state index contributed by atoms with van der Waals surface area (Å²) >= 11 is 3.36. The molecule has 0 unspecified atom stereocenters. The third kappa shape index (κ3) is 8.14. The molecule has 0 spiro atoms. The minimum absolute atomic E-state index is 0.0950. The van der Waals surface area contributed by atoms with Gasteiger partial charge in [0.2, 0.25) is 5.91 Å². The molecule has 3 aromatic carbocycles. The molecule has 0 aliphatic heterocycles. The molecule has 8 nitrogen and oxygen atoms in total. The van der Waals surface area contributed by atoms with Crippen molar-refractivity contribution in [1.29, 1.82) is 0 Å². The van der Waals surface area contributed by atoms with Crippen LogP contribution in [0.1, 0.15) is 18.6 Å². The minimum atomic E-state index is -0.696. The van der Waals surface area contributed by atoms with Crippen molar-refractivity contribution in [1.82, 2.24) is 0 Å². The number of aliphatic hydroxyl groups is 1. The van der Waals surface area contributed by atoms with Gasteiger partial charge < -0.3 is 25.6 Å². The third-order valence-electron chi connectivity index (χ3n) is 5.14. The monoisotopic (exact) mass is 553 g/mol. The second kappa shape index (κ2) is 13.3. The van der Waals surface area contributed by atoms with E-state index in [2.05, 4.69) is 26.6 Å². The Morgan fingerprint density at radius 2 is 1.72 bits per heavy atom. The van der Waals surface area contributed by atoms with E-state index in [-0.39, 0.29) is 25.0 Å². The quantitative estimate of drug-likeness (QED) is 0.193. The van der Waals surface area contributed by atoms with E-state index in [9.17, 15) is 9.59 Å². The minimum Gasteiger partial charge on any atom is -0.491 e. The highest BCUT2D eigenvalue weighted by Gasteiger charge is 2.23. The number of nitrogens with one attached hydrogen (secondary N) is 2. The van der Waals surface area contributed by atoms with Gasteiger partial charge in [-0.25, -0.2) is 4.79 Å². The Balaban J connectivity index is 1.74. The number of halogens is 1. The summed E-state index contributed by atoms with van der Waals surface area (Å²) in [5, 5.41) is 14.4. The molecule has 0 saturated carbocycles. The van der Waals surface area contributed by atoms with E-state index in [0.717, 1.165) is 4.47 Å². The van der Waals surface area contributed by atoms with Gasteiger partial charge in [-0.1, -0.05) is 53.2 Å². The summed E-state index contributed by atoms with van der Waals surface area (Å²) in [7, 11) is 0. The molecule has 2 atom stereocenters. The lowest BCUT2D eigenvalue weighted by Gasteiger charge is -2.23. The third-order valence-corrected chi connectivity index (χ3v) is 5.67. The molecule has 36 heavy (non-hydrogen) atoms. The predicted molar refractivity (Wildman–Crippen MR) is 144 cm³/mol. The normalized spacial score (nSPS) is 12.5. The van der Waals surface area contributed by atoms with Crippen molar-refractivity contribution in [2.75, 3.05) is 29.6 Å².